The van der Waals surface area contributed by atoms with Crippen molar-refractivity contribution in [2.75, 3.05) is 0 Å². The molecule has 0 atom stereocenters. The molecule has 5 nitrogen and oxygen atoms in total. The molecular formula is C28H23ClN4OS. The number of pyridine rings is 1. The smallest absolute Gasteiger partial charge is 0.263 e. The maximum atomic E-state index is 13.5. The molecule has 5 aromatic rings. The van der Waals surface area contributed by atoms with Gasteiger partial charge in [0.15, 0.2) is 0 Å². The van der Waals surface area contributed by atoms with Crippen LogP contribution in [0, 0.1) is 13.8 Å². The largest absolute Gasteiger partial charge is 0.321 e. The van der Waals surface area contributed by atoms with Crippen LogP contribution < -0.4 is 5.56 Å². The normalized spacial score (nSPS) is 13.5. The third-order valence-electron chi connectivity index (χ3n) is 6.38. The summed E-state index contributed by atoms with van der Waals surface area (Å²) in [6, 6.07) is 21.9. The predicted molar refractivity (Wildman–Crippen MR) is 142 cm³/mol. The molecule has 7 heteroatoms. The second-order valence-corrected chi connectivity index (χ2v) is 10.5. The van der Waals surface area contributed by atoms with E-state index in [2.05, 4.69) is 51.8 Å². The monoisotopic (exact) mass is 498 g/mol. The summed E-state index contributed by atoms with van der Waals surface area (Å²) < 4.78 is 2.13. The third kappa shape index (κ3) is 4.07. The van der Waals surface area contributed by atoms with E-state index in [1.165, 1.54) is 17.3 Å². The molecule has 35 heavy (non-hydrogen) atoms. The Hall–Kier alpha value is -3.35. The van der Waals surface area contributed by atoms with Crippen LogP contribution in [0.1, 0.15) is 35.7 Å². The molecule has 174 valence electrons. The van der Waals surface area contributed by atoms with Crippen molar-refractivity contribution in [3.63, 3.8) is 0 Å². The van der Waals surface area contributed by atoms with Gasteiger partial charge in [-0.1, -0.05) is 59.6 Å². The number of nitrogens with one attached hydrogen (secondary N) is 1. The van der Waals surface area contributed by atoms with E-state index in [1.807, 2.05) is 42.5 Å². The van der Waals surface area contributed by atoms with Crippen LogP contribution in [0.4, 0.5) is 0 Å². The van der Waals surface area contributed by atoms with E-state index in [0.717, 1.165) is 51.9 Å². The van der Waals surface area contributed by atoms with Crippen molar-refractivity contribution in [2.45, 2.75) is 42.7 Å². The number of benzene rings is 3. The van der Waals surface area contributed by atoms with Gasteiger partial charge in [-0.3, -0.25) is 9.36 Å². The molecule has 0 spiro atoms. The highest BCUT2D eigenvalue weighted by atomic mass is 35.5. The highest BCUT2D eigenvalue weighted by Crippen LogP contribution is 2.44. The molecular weight excluding hydrogens is 476 g/mol. The zero-order valence-electron chi connectivity index (χ0n) is 19.4. The van der Waals surface area contributed by atoms with Gasteiger partial charge < -0.3 is 4.98 Å². The van der Waals surface area contributed by atoms with E-state index in [1.54, 1.807) is 6.07 Å². The number of hydrogen-bond acceptors (Lipinski definition) is 4. The summed E-state index contributed by atoms with van der Waals surface area (Å²) in [5.74, 6) is 1.36. The van der Waals surface area contributed by atoms with Crippen molar-refractivity contribution >= 4 is 34.3 Å². The summed E-state index contributed by atoms with van der Waals surface area (Å²) in [5.41, 5.74) is 5.79. The molecule has 0 aliphatic heterocycles. The Bertz CT molecular complexity index is 1640. The van der Waals surface area contributed by atoms with Gasteiger partial charge in [0, 0.05) is 27.4 Å². The lowest BCUT2D eigenvalue weighted by atomic mass is 10.0. The number of halogens is 1. The SMILES string of the molecule is Cc1ccc(-n2c(Sc3c(-c4ccccc4)c4cc(Cl)ccc4[nH]c3=O)nnc2C2CC2)c(C)c1. The first-order chi connectivity index (χ1) is 17.0. The van der Waals surface area contributed by atoms with Crippen LogP contribution in [0.2, 0.25) is 5.02 Å². The number of aryl methyl sites for hydroxylation is 2. The Morgan fingerprint density at radius 2 is 1.80 bits per heavy atom. The van der Waals surface area contributed by atoms with E-state index in [0.29, 0.717) is 21.0 Å². The Morgan fingerprint density at radius 1 is 1.00 bits per heavy atom. The number of aromatic nitrogens is 4. The predicted octanol–water partition coefficient (Wildman–Crippen LogP) is 7.07. The molecule has 3 aromatic carbocycles. The van der Waals surface area contributed by atoms with Crippen molar-refractivity contribution in [1.82, 2.24) is 19.7 Å². The summed E-state index contributed by atoms with van der Waals surface area (Å²) in [6.45, 7) is 4.19. The fraction of sp³-hybridized carbons (Fsp3) is 0.179. The van der Waals surface area contributed by atoms with Crippen LogP contribution in [0.5, 0.6) is 0 Å². The average Bonchev–Trinajstić information content (AvgIpc) is 3.61. The minimum absolute atomic E-state index is 0.160. The standard InChI is InChI=1S/C28H23ClN4OS/c1-16-8-13-23(17(2)14-16)33-26(19-9-10-19)31-32-28(33)35-25-24(18-6-4-3-5-7-18)21-15-20(29)11-12-22(21)30-27(25)34/h3-8,11-15,19H,9-10H2,1-2H3,(H,30,34). The molecule has 1 N–H and O–H groups in total. The Kier molecular flexibility index (Phi) is 5.50. The number of aromatic amines is 1. The number of fused-ring (bicyclic) bond motifs is 1. The fourth-order valence-corrected chi connectivity index (χ4v) is 5.76. The van der Waals surface area contributed by atoms with Crippen LogP contribution in [0.3, 0.4) is 0 Å². The van der Waals surface area contributed by atoms with Crippen LogP contribution in [-0.2, 0) is 0 Å². The summed E-state index contributed by atoms with van der Waals surface area (Å²) in [5, 5.41) is 11.4. The van der Waals surface area contributed by atoms with Crippen molar-refractivity contribution in [2.24, 2.45) is 0 Å². The second kappa shape index (κ2) is 8.70. The zero-order chi connectivity index (χ0) is 24.1. The minimum Gasteiger partial charge on any atom is -0.321 e. The molecule has 0 saturated heterocycles. The fourth-order valence-electron chi connectivity index (χ4n) is 4.56. The minimum atomic E-state index is -0.160. The summed E-state index contributed by atoms with van der Waals surface area (Å²) in [7, 11) is 0. The lowest BCUT2D eigenvalue weighted by Gasteiger charge is -2.15. The number of hydrogen-bond donors (Lipinski definition) is 1. The maximum Gasteiger partial charge on any atom is 0.263 e. The van der Waals surface area contributed by atoms with Crippen molar-refractivity contribution in [3.8, 4) is 16.8 Å². The summed E-state index contributed by atoms with van der Waals surface area (Å²) in [4.78, 5) is 17.1. The van der Waals surface area contributed by atoms with E-state index >= 15 is 0 Å². The maximum absolute atomic E-state index is 13.5. The first kappa shape index (κ1) is 22.1. The molecule has 0 radical (unpaired) electrons. The first-order valence-corrected chi connectivity index (χ1v) is 12.8. The lowest BCUT2D eigenvalue weighted by Crippen LogP contribution is -2.12. The van der Waals surface area contributed by atoms with Gasteiger partial charge in [0.1, 0.15) is 5.82 Å². The molecule has 6 rings (SSSR count). The highest BCUT2D eigenvalue weighted by Gasteiger charge is 2.32. The van der Waals surface area contributed by atoms with Gasteiger partial charge in [-0.2, -0.15) is 0 Å². The third-order valence-corrected chi connectivity index (χ3v) is 7.66. The molecule has 1 fully saturated rings. The van der Waals surface area contributed by atoms with Gasteiger partial charge in [0.05, 0.1) is 10.6 Å². The Balaban J connectivity index is 1.59. The van der Waals surface area contributed by atoms with E-state index in [9.17, 15) is 4.79 Å². The van der Waals surface area contributed by atoms with Crippen LogP contribution in [-0.4, -0.2) is 19.7 Å². The van der Waals surface area contributed by atoms with Gasteiger partial charge in [-0.25, -0.2) is 0 Å². The van der Waals surface area contributed by atoms with E-state index < -0.39 is 0 Å². The first-order valence-electron chi connectivity index (χ1n) is 11.6. The van der Waals surface area contributed by atoms with Gasteiger partial charge in [-0.15, -0.1) is 10.2 Å². The number of rotatable bonds is 5. The van der Waals surface area contributed by atoms with Gasteiger partial charge in [0.2, 0.25) is 5.16 Å². The van der Waals surface area contributed by atoms with Gasteiger partial charge in [0.25, 0.3) is 5.56 Å². The number of H-pyrrole nitrogens is 1. The molecule has 1 aliphatic carbocycles. The van der Waals surface area contributed by atoms with Gasteiger partial charge >= 0.3 is 0 Å². The summed E-state index contributed by atoms with van der Waals surface area (Å²) in [6.07, 6.45) is 2.22. The number of nitrogens with zero attached hydrogens (tertiary/aromatic N) is 3. The molecule has 2 heterocycles. The van der Waals surface area contributed by atoms with Crippen LogP contribution >= 0.6 is 23.4 Å². The van der Waals surface area contributed by atoms with Crippen molar-refractivity contribution in [3.05, 3.63) is 99.1 Å². The molecule has 2 aromatic heterocycles. The topological polar surface area (TPSA) is 63.6 Å². The van der Waals surface area contributed by atoms with Gasteiger partial charge in [-0.05, 0) is 73.8 Å². The Morgan fingerprint density at radius 3 is 2.54 bits per heavy atom. The van der Waals surface area contributed by atoms with Crippen LogP contribution in [0.15, 0.2) is 81.6 Å². The molecule has 0 amide bonds. The summed E-state index contributed by atoms with van der Waals surface area (Å²) >= 11 is 7.74. The second-order valence-electron chi connectivity index (χ2n) is 9.06. The quantitative estimate of drug-likeness (QED) is 0.281. The van der Waals surface area contributed by atoms with Crippen LogP contribution in [0.25, 0.3) is 27.7 Å². The zero-order valence-corrected chi connectivity index (χ0v) is 21.0. The van der Waals surface area contributed by atoms with E-state index in [4.69, 9.17) is 11.6 Å². The van der Waals surface area contributed by atoms with Crippen molar-refractivity contribution < 1.29 is 0 Å². The lowest BCUT2D eigenvalue weighted by molar-refractivity contribution is 0.823. The Labute approximate surface area is 212 Å². The average molecular weight is 499 g/mol. The molecule has 0 unspecified atom stereocenters. The highest BCUT2D eigenvalue weighted by molar-refractivity contribution is 7.99. The van der Waals surface area contributed by atoms with E-state index in [-0.39, 0.29) is 5.56 Å². The van der Waals surface area contributed by atoms with Crippen molar-refractivity contribution in [1.29, 1.82) is 0 Å². The molecule has 1 saturated carbocycles. The molecule has 1 aliphatic rings. The molecule has 0 bridgehead atoms.